The average molecular weight is 219 g/mol. The first kappa shape index (κ1) is 11.7. The van der Waals surface area contributed by atoms with Crippen molar-refractivity contribution in [2.24, 2.45) is 5.92 Å². The van der Waals surface area contributed by atoms with Crippen molar-refractivity contribution < 1.29 is 13.2 Å². The molecule has 0 amide bonds. The lowest BCUT2D eigenvalue weighted by Gasteiger charge is -2.29. The Labute approximate surface area is 85.2 Å². The molecule has 1 heterocycles. The van der Waals surface area contributed by atoms with E-state index in [1.54, 1.807) is 0 Å². The number of hydrogen-bond acceptors (Lipinski definition) is 4. The minimum Gasteiger partial charge on any atom is -0.303 e. The third-order valence-electron chi connectivity index (χ3n) is 2.51. The Bertz CT molecular complexity index is 286. The van der Waals surface area contributed by atoms with Crippen molar-refractivity contribution >= 4 is 16.1 Å². The fourth-order valence-corrected chi connectivity index (χ4v) is 2.29. The zero-order valence-corrected chi connectivity index (χ0v) is 9.29. The number of sulfone groups is 1. The van der Waals surface area contributed by atoms with Crippen LogP contribution in [0.4, 0.5) is 0 Å². The summed E-state index contributed by atoms with van der Waals surface area (Å²) < 4.78 is 21.9. The molecule has 0 aromatic heterocycles. The Hall–Kier alpha value is -0.420. The molecule has 1 atom stereocenters. The van der Waals surface area contributed by atoms with Gasteiger partial charge in [-0.05, 0) is 19.4 Å². The van der Waals surface area contributed by atoms with Gasteiger partial charge in [0.05, 0.1) is 5.75 Å². The number of carbonyl (C=O) groups excluding carboxylic acids is 1. The van der Waals surface area contributed by atoms with E-state index in [1.165, 1.54) is 6.26 Å². The second-order valence-electron chi connectivity index (χ2n) is 3.97. The second-order valence-corrected chi connectivity index (χ2v) is 6.23. The maximum absolute atomic E-state index is 10.9. The molecule has 0 radical (unpaired) electrons. The zero-order valence-electron chi connectivity index (χ0n) is 8.48. The van der Waals surface area contributed by atoms with Crippen molar-refractivity contribution in [2.75, 3.05) is 31.6 Å². The van der Waals surface area contributed by atoms with Crippen molar-refractivity contribution in [1.29, 1.82) is 0 Å². The van der Waals surface area contributed by atoms with Gasteiger partial charge in [0.15, 0.2) is 0 Å². The summed E-state index contributed by atoms with van der Waals surface area (Å²) in [6.45, 7) is 2.20. The van der Waals surface area contributed by atoms with E-state index >= 15 is 0 Å². The van der Waals surface area contributed by atoms with E-state index in [2.05, 4.69) is 4.90 Å². The average Bonchev–Trinajstić information content (AvgIpc) is 2.14. The number of hydrogen-bond donors (Lipinski definition) is 0. The normalized spacial score (nSPS) is 24.8. The third kappa shape index (κ3) is 4.19. The quantitative estimate of drug-likeness (QED) is 0.622. The highest BCUT2D eigenvalue weighted by Gasteiger charge is 2.19. The topological polar surface area (TPSA) is 54.5 Å². The molecule has 0 aliphatic carbocycles. The maximum Gasteiger partial charge on any atom is 0.148 e. The van der Waals surface area contributed by atoms with E-state index in [1.807, 2.05) is 0 Å². The number of rotatable bonds is 4. The van der Waals surface area contributed by atoms with Gasteiger partial charge in [-0.25, -0.2) is 8.42 Å². The predicted molar refractivity (Wildman–Crippen MR) is 54.9 cm³/mol. The number of nitrogens with zero attached hydrogens (tertiary/aromatic N) is 1. The molecular formula is C9H17NO3S. The number of piperidine rings is 1. The standard InChI is InChI=1S/C9H17NO3S/c1-14(12,13)6-5-10-4-2-3-9(7-10)8-11/h8-9H,2-7H2,1H3. The highest BCUT2D eigenvalue weighted by atomic mass is 32.2. The van der Waals surface area contributed by atoms with Crippen LogP contribution in [0.5, 0.6) is 0 Å². The molecule has 1 saturated heterocycles. The smallest absolute Gasteiger partial charge is 0.148 e. The zero-order chi connectivity index (χ0) is 10.6. The van der Waals surface area contributed by atoms with E-state index in [0.717, 1.165) is 32.2 Å². The molecule has 0 aromatic rings. The molecule has 0 saturated carbocycles. The van der Waals surface area contributed by atoms with Crippen LogP contribution in [0, 0.1) is 5.92 Å². The molecule has 5 heteroatoms. The molecule has 0 bridgehead atoms. The molecule has 1 aliphatic rings. The van der Waals surface area contributed by atoms with Crippen molar-refractivity contribution in [3.05, 3.63) is 0 Å². The summed E-state index contributed by atoms with van der Waals surface area (Å²) in [5.74, 6) is 0.293. The molecule has 0 aromatic carbocycles. The van der Waals surface area contributed by atoms with E-state index in [9.17, 15) is 13.2 Å². The van der Waals surface area contributed by atoms with Gasteiger partial charge in [0.25, 0.3) is 0 Å². The fraction of sp³-hybridized carbons (Fsp3) is 0.889. The SMILES string of the molecule is CS(=O)(=O)CCN1CCCC(C=O)C1. The van der Waals surface area contributed by atoms with Crippen LogP contribution in [-0.4, -0.2) is 51.2 Å². The second kappa shape index (κ2) is 4.89. The first-order chi connectivity index (χ1) is 6.51. The van der Waals surface area contributed by atoms with Crippen molar-refractivity contribution in [3.63, 3.8) is 0 Å². The molecule has 0 spiro atoms. The molecule has 4 nitrogen and oxygen atoms in total. The van der Waals surface area contributed by atoms with Crippen molar-refractivity contribution in [2.45, 2.75) is 12.8 Å². The number of likely N-dealkylation sites (tertiary alicyclic amines) is 1. The summed E-state index contributed by atoms with van der Waals surface area (Å²) in [5.41, 5.74) is 0. The summed E-state index contributed by atoms with van der Waals surface area (Å²) in [6.07, 6.45) is 4.16. The van der Waals surface area contributed by atoms with E-state index in [0.29, 0.717) is 6.54 Å². The molecule has 1 aliphatic heterocycles. The minimum atomic E-state index is -2.88. The maximum atomic E-state index is 10.9. The van der Waals surface area contributed by atoms with Gasteiger partial charge in [0.1, 0.15) is 16.1 Å². The Balaban J connectivity index is 2.34. The lowest BCUT2D eigenvalue weighted by Crippen LogP contribution is -2.38. The van der Waals surface area contributed by atoms with Gasteiger partial charge >= 0.3 is 0 Å². The Kier molecular flexibility index (Phi) is 4.07. The summed E-state index contributed by atoms with van der Waals surface area (Å²) in [6, 6.07) is 0. The molecule has 1 rings (SSSR count). The molecule has 82 valence electrons. The van der Waals surface area contributed by atoms with Crippen LogP contribution in [0.2, 0.25) is 0 Å². The third-order valence-corrected chi connectivity index (χ3v) is 3.44. The van der Waals surface area contributed by atoms with E-state index in [4.69, 9.17) is 0 Å². The van der Waals surface area contributed by atoms with Crippen LogP contribution < -0.4 is 0 Å². The molecule has 1 unspecified atom stereocenters. The van der Waals surface area contributed by atoms with Gasteiger partial charge in [-0.3, -0.25) is 0 Å². The predicted octanol–water partition coefficient (Wildman–Crippen LogP) is -0.0581. The van der Waals surface area contributed by atoms with Gasteiger partial charge in [0, 0.05) is 25.3 Å². The van der Waals surface area contributed by atoms with E-state index < -0.39 is 9.84 Å². The molecule has 1 fully saturated rings. The Morgan fingerprint density at radius 2 is 2.21 bits per heavy atom. The molecule has 14 heavy (non-hydrogen) atoms. The van der Waals surface area contributed by atoms with Crippen LogP contribution >= 0.6 is 0 Å². The monoisotopic (exact) mass is 219 g/mol. The summed E-state index contributed by atoms with van der Waals surface area (Å²) in [4.78, 5) is 12.6. The lowest BCUT2D eigenvalue weighted by molar-refractivity contribution is -0.112. The van der Waals surface area contributed by atoms with Gasteiger partial charge in [0.2, 0.25) is 0 Å². The van der Waals surface area contributed by atoms with Crippen LogP contribution in [0.25, 0.3) is 0 Å². The highest BCUT2D eigenvalue weighted by molar-refractivity contribution is 7.90. The van der Waals surface area contributed by atoms with Gasteiger partial charge in [-0.2, -0.15) is 0 Å². The molecule has 0 N–H and O–H groups in total. The largest absolute Gasteiger partial charge is 0.303 e. The minimum absolute atomic E-state index is 0.100. The van der Waals surface area contributed by atoms with Crippen LogP contribution in [0.15, 0.2) is 0 Å². The van der Waals surface area contributed by atoms with Gasteiger partial charge < -0.3 is 9.69 Å². The number of aldehydes is 1. The fourth-order valence-electron chi connectivity index (χ4n) is 1.70. The van der Waals surface area contributed by atoms with Crippen LogP contribution in [-0.2, 0) is 14.6 Å². The van der Waals surface area contributed by atoms with Crippen LogP contribution in [0.1, 0.15) is 12.8 Å². The highest BCUT2D eigenvalue weighted by Crippen LogP contribution is 2.13. The Morgan fingerprint density at radius 1 is 1.50 bits per heavy atom. The Morgan fingerprint density at radius 3 is 2.79 bits per heavy atom. The summed E-state index contributed by atoms with van der Waals surface area (Å²) in [5, 5.41) is 0. The first-order valence-corrected chi connectivity index (χ1v) is 6.92. The lowest BCUT2D eigenvalue weighted by atomic mass is 10.00. The number of carbonyl (C=O) groups is 1. The van der Waals surface area contributed by atoms with Crippen molar-refractivity contribution in [3.8, 4) is 0 Å². The first-order valence-electron chi connectivity index (χ1n) is 4.86. The summed E-state index contributed by atoms with van der Waals surface area (Å²) in [7, 11) is -2.88. The summed E-state index contributed by atoms with van der Waals surface area (Å²) >= 11 is 0. The van der Waals surface area contributed by atoms with E-state index in [-0.39, 0.29) is 11.7 Å². The van der Waals surface area contributed by atoms with Gasteiger partial charge in [-0.15, -0.1) is 0 Å². The molecular weight excluding hydrogens is 202 g/mol. The van der Waals surface area contributed by atoms with Gasteiger partial charge in [-0.1, -0.05) is 0 Å². The van der Waals surface area contributed by atoms with Crippen molar-refractivity contribution in [1.82, 2.24) is 4.90 Å². The van der Waals surface area contributed by atoms with Crippen LogP contribution in [0.3, 0.4) is 0 Å².